The summed E-state index contributed by atoms with van der Waals surface area (Å²) in [6, 6.07) is 15.7. The molecule has 28 heavy (non-hydrogen) atoms. The summed E-state index contributed by atoms with van der Waals surface area (Å²) in [5, 5.41) is 10.1. The van der Waals surface area contributed by atoms with Crippen molar-refractivity contribution in [1.29, 1.82) is 0 Å². The fourth-order valence-electron chi connectivity index (χ4n) is 3.01. The molecule has 0 aliphatic rings. The second kappa shape index (κ2) is 8.39. The molecule has 3 aromatic heterocycles. The zero-order chi connectivity index (χ0) is 19.2. The monoisotopic (exact) mass is 374 g/mol. The van der Waals surface area contributed by atoms with Crippen LogP contribution in [0.5, 0.6) is 0 Å². The van der Waals surface area contributed by atoms with Crippen molar-refractivity contribution < 1.29 is 4.79 Å². The van der Waals surface area contributed by atoms with Gasteiger partial charge in [0.25, 0.3) is 0 Å². The van der Waals surface area contributed by atoms with Crippen molar-refractivity contribution in [1.82, 2.24) is 29.8 Å². The average Bonchev–Trinajstić information content (AvgIpc) is 3.35. The first-order valence-corrected chi connectivity index (χ1v) is 9.31. The Balaban J connectivity index is 1.18. The highest BCUT2D eigenvalue weighted by atomic mass is 16.2. The van der Waals surface area contributed by atoms with Crippen LogP contribution in [0, 0.1) is 0 Å². The number of rotatable bonds is 7. The van der Waals surface area contributed by atoms with E-state index in [0.717, 1.165) is 29.0 Å². The van der Waals surface area contributed by atoms with Crippen molar-refractivity contribution in [2.75, 3.05) is 13.1 Å². The number of hydrogen-bond donors (Lipinski definition) is 2. The molecule has 0 unspecified atom stereocenters. The number of nitrogens with one attached hydrogen (secondary N) is 2. The van der Waals surface area contributed by atoms with Crippen LogP contribution in [0.15, 0.2) is 73.3 Å². The van der Waals surface area contributed by atoms with Crippen LogP contribution in [0.4, 0.5) is 4.79 Å². The predicted molar refractivity (Wildman–Crippen MR) is 108 cm³/mol. The number of urea groups is 1. The number of amides is 2. The molecular weight excluding hydrogens is 352 g/mol. The van der Waals surface area contributed by atoms with Crippen molar-refractivity contribution in [2.45, 2.75) is 12.8 Å². The first kappa shape index (κ1) is 17.8. The summed E-state index contributed by atoms with van der Waals surface area (Å²) in [5.41, 5.74) is 3.97. The van der Waals surface area contributed by atoms with Gasteiger partial charge < -0.3 is 15.0 Å². The van der Waals surface area contributed by atoms with E-state index < -0.39 is 0 Å². The Morgan fingerprint density at radius 1 is 0.929 bits per heavy atom. The first-order valence-electron chi connectivity index (χ1n) is 9.31. The lowest BCUT2D eigenvalue weighted by Crippen LogP contribution is -2.37. The Morgan fingerprint density at radius 3 is 2.54 bits per heavy atom. The Labute approximate surface area is 163 Å². The normalized spacial score (nSPS) is 10.9. The summed E-state index contributed by atoms with van der Waals surface area (Å²) in [6.45, 7) is 1.10. The number of benzene rings is 1. The van der Waals surface area contributed by atoms with Gasteiger partial charge in [-0.05, 0) is 36.2 Å². The third-order valence-corrected chi connectivity index (χ3v) is 4.44. The largest absolute Gasteiger partial charge is 0.338 e. The maximum absolute atomic E-state index is 12.0. The van der Waals surface area contributed by atoms with E-state index in [0.29, 0.717) is 19.5 Å². The van der Waals surface area contributed by atoms with Gasteiger partial charge in [0.05, 0.1) is 17.6 Å². The summed E-state index contributed by atoms with van der Waals surface area (Å²) in [7, 11) is 0. The molecule has 0 atom stereocenters. The molecule has 0 aliphatic carbocycles. The van der Waals surface area contributed by atoms with Gasteiger partial charge in [-0.15, -0.1) is 0 Å². The molecule has 4 rings (SSSR count). The van der Waals surface area contributed by atoms with E-state index in [1.54, 1.807) is 0 Å². The SMILES string of the molecule is O=C(NCCc1cnn(-c2ccccc2)c1)NCCc1cn2ccccc2n1. The first-order chi connectivity index (χ1) is 13.8. The van der Waals surface area contributed by atoms with Gasteiger partial charge in [0.2, 0.25) is 0 Å². The summed E-state index contributed by atoms with van der Waals surface area (Å²) in [6.07, 6.45) is 9.19. The number of carbonyl (C=O) groups excluding carboxylic acids is 1. The number of carbonyl (C=O) groups is 1. The van der Waals surface area contributed by atoms with Crippen LogP contribution in [0.2, 0.25) is 0 Å². The van der Waals surface area contributed by atoms with Crippen LogP contribution in [0.1, 0.15) is 11.3 Å². The predicted octanol–water partition coefficient (Wildman–Crippen LogP) is 2.60. The zero-order valence-electron chi connectivity index (χ0n) is 15.5. The minimum atomic E-state index is -0.167. The molecule has 7 nitrogen and oxygen atoms in total. The summed E-state index contributed by atoms with van der Waals surface area (Å²) < 4.78 is 3.81. The molecule has 0 radical (unpaired) electrons. The van der Waals surface area contributed by atoms with E-state index in [1.807, 2.05) is 82.4 Å². The molecule has 1 aromatic carbocycles. The van der Waals surface area contributed by atoms with E-state index in [-0.39, 0.29) is 6.03 Å². The fraction of sp³-hybridized carbons (Fsp3) is 0.190. The molecule has 0 bridgehead atoms. The number of pyridine rings is 1. The molecule has 4 aromatic rings. The smallest absolute Gasteiger partial charge is 0.314 e. The number of nitrogens with zero attached hydrogens (tertiary/aromatic N) is 4. The Hall–Kier alpha value is -3.61. The van der Waals surface area contributed by atoms with Crippen molar-refractivity contribution in [3.63, 3.8) is 0 Å². The summed E-state index contributed by atoms with van der Waals surface area (Å²) >= 11 is 0. The quantitative estimate of drug-likeness (QED) is 0.522. The lowest BCUT2D eigenvalue weighted by molar-refractivity contribution is 0.241. The molecule has 0 saturated carbocycles. The highest BCUT2D eigenvalue weighted by Gasteiger charge is 2.04. The van der Waals surface area contributed by atoms with Crippen molar-refractivity contribution in [3.8, 4) is 5.69 Å². The number of para-hydroxylation sites is 1. The maximum Gasteiger partial charge on any atom is 0.314 e. The second-order valence-electron chi connectivity index (χ2n) is 6.51. The highest BCUT2D eigenvalue weighted by Crippen LogP contribution is 2.08. The van der Waals surface area contributed by atoms with Crippen LogP contribution >= 0.6 is 0 Å². The van der Waals surface area contributed by atoms with E-state index in [9.17, 15) is 4.79 Å². The van der Waals surface area contributed by atoms with Crippen LogP contribution in [-0.2, 0) is 12.8 Å². The van der Waals surface area contributed by atoms with Gasteiger partial charge in [0, 0.05) is 38.1 Å². The molecule has 0 spiro atoms. The number of hydrogen-bond acceptors (Lipinski definition) is 3. The third kappa shape index (κ3) is 4.37. The van der Waals surface area contributed by atoms with Gasteiger partial charge in [-0.2, -0.15) is 5.10 Å². The fourth-order valence-corrected chi connectivity index (χ4v) is 3.01. The highest BCUT2D eigenvalue weighted by molar-refractivity contribution is 5.73. The lowest BCUT2D eigenvalue weighted by atomic mass is 10.2. The molecule has 3 heterocycles. The van der Waals surface area contributed by atoms with Crippen molar-refractivity contribution in [3.05, 3.63) is 84.6 Å². The van der Waals surface area contributed by atoms with Gasteiger partial charge in [0.15, 0.2) is 0 Å². The van der Waals surface area contributed by atoms with Crippen LogP contribution < -0.4 is 10.6 Å². The summed E-state index contributed by atoms with van der Waals surface area (Å²) in [5.74, 6) is 0. The molecule has 7 heteroatoms. The standard InChI is InChI=1S/C21H22N6O/c28-21(23-12-10-18-16-26-13-5-4-8-20(26)25-18)22-11-9-17-14-24-27(15-17)19-6-2-1-3-7-19/h1-8,13-16H,9-12H2,(H2,22,23,28). The Bertz CT molecular complexity index is 1020. The minimum Gasteiger partial charge on any atom is -0.338 e. The van der Waals surface area contributed by atoms with Crippen molar-refractivity contribution in [2.24, 2.45) is 0 Å². The number of fused-ring (bicyclic) bond motifs is 1. The number of aromatic nitrogens is 4. The second-order valence-corrected chi connectivity index (χ2v) is 6.51. The van der Waals surface area contributed by atoms with Gasteiger partial charge in [0.1, 0.15) is 5.65 Å². The molecule has 2 N–H and O–H groups in total. The summed E-state index contributed by atoms with van der Waals surface area (Å²) in [4.78, 5) is 16.5. The van der Waals surface area contributed by atoms with E-state index in [4.69, 9.17) is 0 Å². The van der Waals surface area contributed by atoms with Gasteiger partial charge in [-0.1, -0.05) is 24.3 Å². The molecule has 0 saturated heterocycles. The van der Waals surface area contributed by atoms with Crippen LogP contribution in [0.25, 0.3) is 11.3 Å². The van der Waals surface area contributed by atoms with Crippen LogP contribution in [0.3, 0.4) is 0 Å². The van der Waals surface area contributed by atoms with E-state index in [1.165, 1.54) is 0 Å². The van der Waals surface area contributed by atoms with Gasteiger partial charge in [-0.3, -0.25) is 0 Å². The third-order valence-electron chi connectivity index (χ3n) is 4.44. The van der Waals surface area contributed by atoms with Crippen LogP contribution in [-0.4, -0.2) is 38.3 Å². The zero-order valence-corrected chi connectivity index (χ0v) is 15.5. The van der Waals surface area contributed by atoms with E-state index in [2.05, 4.69) is 20.7 Å². The van der Waals surface area contributed by atoms with Crippen molar-refractivity contribution >= 4 is 11.7 Å². The van der Waals surface area contributed by atoms with Gasteiger partial charge in [-0.25, -0.2) is 14.5 Å². The topological polar surface area (TPSA) is 76.2 Å². The Morgan fingerprint density at radius 2 is 1.71 bits per heavy atom. The molecule has 0 aliphatic heterocycles. The van der Waals surface area contributed by atoms with Gasteiger partial charge >= 0.3 is 6.03 Å². The maximum atomic E-state index is 12.0. The average molecular weight is 374 g/mol. The minimum absolute atomic E-state index is 0.167. The molecule has 142 valence electrons. The lowest BCUT2D eigenvalue weighted by Gasteiger charge is -2.06. The number of imidazole rings is 1. The molecular formula is C21H22N6O. The Kier molecular flexibility index (Phi) is 5.33. The molecule has 2 amide bonds. The van der Waals surface area contributed by atoms with E-state index >= 15 is 0 Å². The molecule has 0 fully saturated rings.